The van der Waals surface area contributed by atoms with Crippen molar-refractivity contribution < 1.29 is 13.9 Å². The molecule has 100 valence electrons. The van der Waals surface area contributed by atoms with Crippen molar-refractivity contribution in [2.24, 2.45) is 0 Å². The second-order valence-electron chi connectivity index (χ2n) is 4.16. The lowest BCUT2D eigenvalue weighted by molar-refractivity contribution is 0.0988. The molecule has 0 aliphatic carbocycles. The Kier molecular flexibility index (Phi) is 4.11. The van der Waals surface area contributed by atoms with E-state index in [9.17, 15) is 9.18 Å². The van der Waals surface area contributed by atoms with Gasteiger partial charge in [-0.1, -0.05) is 19.1 Å². The highest BCUT2D eigenvalue weighted by Crippen LogP contribution is 2.26. The van der Waals surface area contributed by atoms with Crippen molar-refractivity contribution in [1.82, 2.24) is 0 Å². The number of hydrogen-bond donors (Lipinski definition) is 0. The van der Waals surface area contributed by atoms with E-state index in [1.165, 1.54) is 12.1 Å². The van der Waals surface area contributed by atoms with Crippen LogP contribution in [0.15, 0.2) is 42.5 Å². The quantitative estimate of drug-likeness (QED) is 0.786. The van der Waals surface area contributed by atoms with Crippen LogP contribution in [0, 0.1) is 17.1 Å². The number of Topliss-reactive ketones (excluding diaryl/α,β-unsaturated/α-hetero) is 1. The summed E-state index contributed by atoms with van der Waals surface area (Å²) in [5.74, 6) is -0.218. The summed E-state index contributed by atoms with van der Waals surface area (Å²) in [5.41, 5.74) is 0.754. The van der Waals surface area contributed by atoms with Crippen LogP contribution in [0.5, 0.6) is 11.5 Å². The van der Waals surface area contributed by atoms with Gasteiger partial charge in [-0.05, 0) is 30.3 Å². The monoisotopic (exact) mass is 269 g/mol. The molecule has 2 rings (SSSR count). The van der Waals surface area contributed by atoms with E-state index >= 15 is 0 Å². The summed E-state index contributed by atoms with van der Waals surface area (Å²) in [6.07, 6.45) is 0.398. The molecular weight excluding hydrogens is 257 g/mol. The van der Waals surface area contributed by atoms with Crippen LogP contribution < -0.4 is 4.74 Å². The number of nitrogens with zero attached hydrogens (tertiary/aromatic N) is 1. The second kappa shape index (κ2) is 5.98. The summed E-state index contributed by atoms with van der Waals surface area (Å²) in [7, 11) is 0. The first-order valence-electron chi connectivity index (χ1n) is 6.15. The number of halogens is 1. The number of ketones is 1. The SMILES string of the molecule is CCC(=O)c1cccc(Oc2ccc(C#N)cc2F)c1. The molecule has 0 radical (unpaired) electrons. The number of benzene rings is 2. The Labute approximate surface area is 116 Å². The molecule has 0 unspecified atom stereocenters. The third kappa shape index (κ3) is 3.01. The maximum atomic E-state index is 13.7. The Bertz CT molecular complexity index is 689. The van der Waals surface area contributed by atoms with Crippen LogP contribution in [0.1, 0.15) is 29.3 Å². The van der Waals surface area contributed by atoms with Gasteiger partial charge in [-0.25, -0.2) is 4.39 Å². The van der Waals surface area contributed by atoms with Crippen LogP contribution >= 0.6 is 0 Å². The Morgan fingerprint density at radius 2 is 2.10 bits per heavy atom. The zero-order valence-electron chi connectivity index (χ0n) is 10.9. The lowest BCUT2D eigenvalue weighted by Crippen LogP contribution is -1.97. The Balaban J connectivity index is 2.26. The molecule has 0 heterocycles. The topological polar surface area (TPSA) is 50.1 Å². The largest absolute Gasteiger partial charge is 0.454 e. The number of hydrogen-bond acceptors (Lipinski definition) is 3. The van der Waals surface area contributed by atoms with Gasteiger partial charge < -0.3 is 4.74 Å². The predicted molar refractivity (Wildman–Crippen MR) is 72.3 cm³/mol. The number of rotatable bonds is 4. The lowest BCUT2D eigenvalue weighted by Gasteiger charge is -2.08. The average molecular weight is 269 g/mol. The molecule has 0 atom stereocenters. The summed E-state index contributed by atoms with van der Waals surface area (Å²) in [5, 5.41) is 8.67. The summed E-state index contributed by atoms with van der Waals surface area (Å²) in [4.78, 5) is 11.6. The van der Waals surface area contributed by atoms with Crippen molar-refractivity contribution in [2.75, 3.05) is 0 Å². The van der Waals surface area contributed by atoms with Gasteiger partial charge in [0.05, 0.1) is 11.6 Å². The fourth-order valence-corrected chi connectivity index (χ4v) is 1.72. The van der Waals surface area contributed by atoms with E-state index in [0.29, 0.717) is 17.7 Å². The highest BCUT2D eigenvalue weighted by atomic mass is 19.1. The molecule has 0 saturated carbocycles. The van der Waals surface area contributed by atoms with E-state index in [1.54, 1.807) is 31.2 Å². The van der Waals surface area contributed by atoms with Crippen molar-refractivity contribution in [3.8, 4) is 17.6 Å². The normalized spacial score (nSPS) is 9.85. The molecule has 0 saturated heterocycles. The van der Waals surface area contributed by atoms with Crippen LogP contribution in [0.2, 0.25) is 0 Å². The van der Waals surface area contributed by atoms with Gasteiger partial charge in [0, 0.05) is 12.0 Å². The minimum absolute atomic E-state index is 0.00393. The van der Waals surface area contributed by atoms with Gasteiger partial charge in [0.25, 0.3) is 0 Å². The molecule has 0 spiro atoms. The van der Waals surface area contributed by atoms with E-state index in [2.05, 4.69) is 0 Å². The molecule has 0 aliphatic rings. The zero-order valence-corrected chi connectivity index (χ0v) is 10.9. The standard InChI is InChI=1S/C16H12FNO2/c1-2-15(19)12-4-3-5-13(9-12)20-16-7-6-11(10-18)8-14(16)17/h3-9H,2H2,1H3. The minimum Gasteiger partial charge on any atom is -0.454 e. The fraction of sp³-hybridized carbons (Fsp3) is 0.125. The van der Waals surface area contributed by atoms with Crippen molar-refractivity contribution in [3.05, 3.63) is 59.4 Å². The molecule has 0 aromatic heterocycles. The third-order valence-electron chi connectivity index (χ3n) is 2.77. The molecule has 2 aromatic carbocycles. The first kappa shape index (κ1) is 13.8. The van der Waals surface area contributed by atoms with Crippen molar-refractivity contribution in [3.63, 3.8) is 0 Å². The lowest BCUT2D eigenvalue weighted by atomic mass is 10.1. The van der Waals surface area contributed by atoms with Gasteiger partial charge >= 0.3 is 0 Å². The van der Waals surface area contributed by atoms with E-state index in [4.69, 9.17) is 10.00 Å². The smallest absolute Gasteiger partial charge is 0.167 e. The molecule has 0 aliphatic heterocycles. The molecule has 0 bridgehead atoms. The first-order valence-corrected chi connectivity index (χ1v) is 6.15. The number of carbonyl (C=O) groups excluding carboxylic acids is 1. The van der Waals surface area contributed by atoms with E-state index in [1.807, 2.05) is 6.07 Å². The van der Waals surface area contributed by atoms with Crippen molar-refractivity contribution in [2.45, 2.75) is 13.3 Å². The minimum atomic E-state index is -0.615. The second-order valence-corrected chi connectivity index (χ2v) is 4.16. The Morgan fingerprint density at radius 1 is 1.30 bits per heavy atom. The summed E-state index contributed by atoms with van der Waals surface area (Å²) in [6.45, 7) is 1.77. The number of ether oxygens (including phenoxy) is 1. The molecule has 4 heteroatoms. The van der Waals surface area contributed by atoms with Crippen molar-refractivity contribution >= 4 is 5.78 Å². The number of carbonyl (C=O) groups is 1. The molecule has 2 aromatic rings. The molecular formula is C16H12FNO2. The van der Waals surface area contributed by atoms with E-state index < -0.39 is 5.82 Å². The van der Waals surface area contributed by atoms with Crippen LogP contribution in [-0.4, -0.2) is 5.78 Å². The van der Waals surface area contributed by atoms with Gasteiger partial charge in [0.15, 0.2) is 17.3 Å². The van der Waals surface area contributed by atoms with Crippen LogP contribution in [0.3, 0.4) is 0 Å². The van der Waals surface area contributed by atoms with Gasteiger partial charge in [0.1, 0.15) is 5.75 Å². The maximum Gasteiger partial charge on any atom is 0.167 e. The van der Waals surface area contributed by atoms with Gasteiger partial charge in [0.2, 0.25) is 0 Å². The first-order chi connectivity index (χ1) is 9.63. The Hall–Kier alpha value is -2.67. The third-order valence-corrected chi connectivity index (χ3v) is 2.77. The highest BCUT2D eigenvalue weighted by Gasteiger charge is 2.08. The van der Waals surface area contributed by atoms with Gasteiger partial charge in [-0.15, -0.1) is 0 Å². The van der Waals surface area contributed by atoms with E-state index in [0.717, 1.165) is 6.07 Å². The average Bonchev–Trinajstić information content (AvgIpc) is 2.48. The van der Waals surface area contributed by atoms with Crippen molar-refractivity contribution in [1.29, 1.82) is 5.26 Å². The molecule has 0 N–H and O–H groups in total. The van der Waals surface area contributed by atoms with Gasteiger partial charge in [-0.3, -0.25) is 4.79 Å². The summed E-state index contributed by atoms with van der Waals surface area (Å²) < 4.78 is 19.1. The Morgan fingerprint density at radius 3 is 2.75 bits per heavy atom. The number of nitriles is 1. The molecule has 3 nitrogen and oxygen atoms in total. The predicted octanol–water partition coefficient (Wildman–Crippen LogP) is 4.08. The van der Waals surface area contributed by atoms with Crippen LogP contribution in [-0.2, 0) is 0 Å². The summed E-state index contributed by atoms with van der Waals surface area (Å²) in [6, 6.07) is 12.4. The molecule has 0 amide bonds. The highest BCUT2D eigenvalue weighted by molar-refractivity contribution is 5.96. The molecule has 20 heavy (non-hydrogen) atoms. The molecule has 0 fully saturated rings. The summed E-state index contributed by atoms with van der Waals surface area (Å²) >= 11 is 0. The van der Waals surface area contributed by atoms with E-state index in [-0.39, 0.29) is 17.1 Å². The zero-order chi connectivity index (χ0) is 14.5. The maximum absolute atomic E-state index is 13.7. The van der Waals surface area contributed by atoms with Crippen LogP contribution in [0.25, 0.3) is 0 Å². The van der Waals surface area contributed by atoms with Gasteiger partial charge in [-0.2, -0.15) is 5.26 Å². The fourth-order valence-electron chi connectivity index (χ4n) is 1.72. The van der Waals surface area contributed by atoms with Crippen LogP contribution in [0.4, 0.5) is 4.39 Å².